The predicted octanol–water partition coefficient (Wildman–Crippen LogP) is 1.98. The third-order valence-electron chi connectivity index (χ3n) is 2.31. The van der Waals surface area contributed by atoms with E-state index in [-0.39, 0.29) is 12.2 Å². The molecule has 0 heterocycles. The zero-order valence-corrected chi connectivity index (χ0v) is 10.5. The summed E-state index contributed by atoms with van der Waals surface area (Å²) in [5.41, 5.74) is 0. The van der Waals surface area contributed by atoms with E-state index in [1.807, 2.05) is 0 Å². The van der Waals surface area contributed by atoms with Gasteiger partial charge < -0.3 is 14.2 Å². The van der Waals surface area contributed by atoms with Crippen LogP contribution >= 0.6 is 15.9 Å². The van der Waals surface area contributed by atoms with Crippen molar-refractivity contribution in [3.63, 3.8) is 0 Å². The van der Waals surface area contributed by atoms with Gasteiger partial charge in [0.15, 0.2) is 0 Å². The standard InChI is InChI=1S/C10H19BrO3/c1-3-4-13-9-7-8(11)10(9)14-6-5-12-2/h8-10H,3-7H2,1-2H3. The summed E-state index contributed by atoms with van der Waals surface area (Å²) in [4.78, 5) is 0.446. The van der Waals surface area contributed by atoms with Crippen LogP contribution in [0, 0.1) is 0 Å². The van der Waals surface area contributed by atoms with Gasteiger partial charge in [-0.1, -0.05) is 22.9 Å². The Hall–Kier alpha value is 0.360. The molecular formula is C10H19BrO3. The van der Waals surface area contributed by atoms with Crippen LogP contribution in [0.25, 0.3) is 0 Å². The molecule has 0 aliphatic heterocycles. The number of alkyl halides is 1. The van der Waals surface area contributed by atoms with Crippen molar-refractivity contribution in [3.8, 4) is 0 Å². The third kappa shape index (κ3) is 3.50. The number of halogens is 1. The van der Waals surface area contributed by atoms with Crippen LogP contribution in [0.1, 0.15) is 19.8 Å². The molecule has 14 heavy (non-hydrogen) atoms. The average molecular weight is 267 g/mol. The Morgan fingerprint density at radius 2 is 2.00 bits per heavy atom. The van der Waals surface area contributed by atoms with Crippen molar-refractivity contribution in [2.75, 3.05) is 26.9 Å². The maximum atomic E-state index is 5.65. The smallest absolute Gasteiger partial charge is 0.0963 e. The minimum atomic E-state index is 0.205. The van der Waals surface area contributed by atoms with Gasteiger partial charge >= 0.3 is 0 Å². The van der Waals surface area contributed by atoms with Gasteiger partial charge in [0, 0.05) is 18.5 Å². The van der Waals surface area contributed by atoms with Gasteiger partial charge in [-0.05, 0) is 12.8 Å². The highest BCUT2D eigenvalue weighted by Crippen LogP contribution is 2.33. The van der Waals surface area contributed by atoms with E-state index in [9.17, 15) is 0 Å². The highest BCUT2D eigenvalue weighted by atomic mass is 79.9. The number of ether oxygens (including phenoxy) is 3. The van der Waals surface area contributed by atoms with Gasteiger partial charge in [0.1, 0.15) is 0 Å². The minimum absolute atomic E-state index is 0.205. The normalized spacial score (nSPS) is 31.5. The molecule has 4 heteroatoms. The van der Waals surface area contributed by atoms with Crippen LogP contribution < -0.4 is 0 Å². The van der Waals surface area contributed by atoms with Gasteiger partial charge in [-0.3, -0.25) is 0 Å². The molecule has 0 bridgehead atoms. The lowest BCUT2D eigenvalue weighted by atomic mass is 9.91. The third-order valence-corrected chi connectivity index (χ3v) is 3.21. The van der Waals surface area contributed by atoms with Gasteiger partial charge in [0.05, 0.1) is 25.4 Å². The van der Waals surface area contributed by atoms with E-state index < -0.39 is 0 Å². The summed E-state index contributed by atoms with van der Waals surface area (Å²) in [7, 11) is 1.68. The Kier molecular flexibility index (Phi) is 6.01. The molecule has 1 saturated carbocycles. The molecular weight excluding hydrogens is 248 g/mol. The predicted molar refractivity (Wildman–Crippen MR) is 59.0 cm³/mol. The Balaban J connectivity index is 2.13. The largest absolute Gasteiger partial charge is 0.382 e. The van der Waals surface area contributed by atoms with Crippen molar-refractivity contribution >= 4 is 15.9 Å². The fourth-order valence-corrected chi connectivity index (χ4v) is 2.30. The number of hydrogen-bond acceptors (Lipinski definition) is 3. The van der Waals surface area contributed by atoms with Gasteiger partial charge in [0.2, 0.25) is 0 Å². The summed E-state index contributed by atoms with van der Waals surface area (Å²) in [5, 5.41) is 0. The molecule has 0 radical (unpaired) electrons. The Bertz CT molecular complexity index is 154. The quantitative estimate of drug-likeness (QED) is 0.521. The van der Waals surface area contributed by atoms with Crippen LogP contribution in [0.4, 0.5) is 0 Å². The lowest BCUT2D eigenvalue weighted by molar-refractivity contribution is -0.126. The molecule has 3 atom stereocenters. The Morgan fingerprint density at radius 1 is 1.21 bits per heavy atom. The molecule has 0 amide bonds. The van der Waals surface area contributed by atoms with E-state index in [1.54, 1.807) is 7.11 Å². The van der Waals surface area contributed by atoms with Crippen molar-refractivity contribution in [2.24, 2.45) is 0 Å². The summed E-state index contributed by atoms with van der Waals surface area (Å²) in [6.45, 7) is 4.24. The monoisotopic (exact) mass is 266 g/mol. The molecule has 1 fully saturated rings. The van der Waals surface area contributed by atoms with E-state index in [0.29, 0.717) is 18.0 Å². The highest BCUT2D eigenvalue weighted by Gasteiger charge is 2.41. The van der Waals surface area contributed by atoms with Crippen LogP contribution in [0.5, 0.6) is 0 Å². The summed E-state index contributed by atoms with van der Waals surface area (Å²) in [6.07, 6.45) is 2.60. The zero-order valence-electron chi connectivity index (χ0n) is 8.87. The van der Waals surface area contributed by atoms with Crippen molar-refractivity contribution in [2.45, 2.75) is 36.8 Å². The van der Waals surface area contributed by atoms with Crippen molar-refractivity contribution in [3.05, 3.63) is 0 Å². The molecule has 0 aromatic carbocycles. The van der Waals surface area contributed by atoms with Crippen LogP contribution in [0.3, 0.4) is 0 Å². The van der Waals surface area contributed by atoms with Crippen LogP contribution in [-0.4, -0.2) is 44.0 Å². The molecule has 3 nitrogen and oxygen atoms in total. The minimum Gasteiger partial charge on any atom is -0.382 e. The topological polar surface area (TPSA) is 27.7 Å². The fraction of sp³-hybridized carbons (Fsp3) is 1.00. The van der Waals surface area contributed by atoms with Gasteiger partial charge in [-0.2, -0.15) is 0 Å². The molecule has 84 valence electrons. The number of methoxy groups -OCH3 is 1. The molecule has 0 spiro atoms. The summed E-state index contributed by atoms with van der Waals surface area (Å²) in [5.74, 6) is 0. The average Bonchev–Trinajstić information content (AvgIpc) is 2.19. The molecule has 0 aromatic rings. The van der Waals surface area contributed by atoms with Crippen LogP contribution in [0.15, 0.2) is 0 Å². The highest BCUT2D eigenvalue weighted by molar-refractivity contribution is 9.09. The number of hydrogen-bond donors (Lipinski definition) is 0. The van der Waals surface area contributed by atoms with E-state index >= 15 is 0 Å². The summed E-state index contributed by atoms with van der Waals surface area (Å²) < 4.78 is 16.2. The first-order chi connectivity index (χ1) is 6.79. The lowest BCUT2D eigenvalue weighted by Crippen LogP contribution is -2.51. The van der Waals surface area contributed by atoms with Gasteiger partial charge in [-0.15, -0.1) is 0 Å². The molecule has 0 saturated heterocycles. The molecule has 1 rings (SSSR count). The first-order valence-electron chi connectivity index (χ1n) is 5.15. The molecule has 1 aliphatic rings. The Labute approximate surface area is 94.2 Å². The SMILES string of the molecule is CCCOC1CC(Br)C1OCCOC. The van der Waals surface area contributed by atoms with Gasteiger partial charge in [0.25, 0.3) is 0 Å². The molecule has 0 aromatic heterocycles. The van der Waals surface area contributed by atoms with Crippen LogP contribution in [-0.2, 0) is 14.2 Å². The summed E-state index contributed by atoms with van der Waals surface area (Å²) >= 11 is 3.57. The second-order valence-corrected chi connectivity index (χ2v) is 4.67. The second-order valence-electron chi connectivity index (χ2n) is 3.49. The maximum absolute atomic E-state index is 5.65. The number of rotatable bonds is 7. The Morgan fingerprint density at radius 3 is 2.57 bits per heavy atom. The van der Waals surface area contributed by atoms with E-state index in [1.165, 1.54) is 0 Å². The first kappa shape index (κ1) is 12.4. The lowest BCUT2D eigenvalue weighted by Gasteiger charge is -2.40. The van der Waals surface area contributed by atoms with Crippen LogP contribution in [0.2, 0.25) is 0 Å². The maximum Gasteiger partial charge on any atom is 0.0963 e. The molecule has 1 aliphatic carbocycles. The van der Waals surface area contributed by atoms with Crippen molar-refractivity contribution in [1.29, 1.82) is 0 Å². The second kappa shape index (κ2) is 6.77. The van der Waals surface area contributed by atoms with Gasteiger partial charge in [-0.25, -0.2) is 0 Å². The molecule has 3 unspecified atom stereocenters. The van der Waals surface area contributed by atoms with E-state index in [4.69, 9.17) is 14.2 Å². The first-order valence-corrected chi connectivity index (χ1v) is 6.07. The van der Waals surface area contributed by atoms with E-state index in [2.05, 4.69) is 22.9 Å². The zero-order chi connectivity index (χ0) is 10.4. The summed E-state index contributed by atoms with van der Waals surface area (Å²) in [6, 6.07) is 0. The van der Waals surface area contributed by atoms with E-state index in [0.717, 1.165) is 19.4 Å². The molecule has 0 N–H and O–H groups in total. The van der Waals surface area contributed by atoms with Crippen molar-refractivity contribution < 1.29 is 14.2 Å². The fourth-order valence-electron chi connectivity index (χ4n) is 1.44. The van der Waals surface area contributed by atoms with Crippen molar-refractivity contribution in [1.82, 2.24) is 0 Å².